The summed E-state index contributed by atoms with van der Waals surface area (Å²) < 4.78 is 42.6. The number of nitrogens with one attached hydrogen (secondary N) is 1. The maximum absolute atomic E-state index is 12.8. The van der Waals surface area contributed by atoms with Crippen LogP contribution < -0.4 is 10.1 Å². The van der Waals surface area contributed by atoms with E-state index in [4.69, 9.17) is 25.8 Å². The van der Waals surface area contributed by atoms with Crippen LogP contribution >= 0.6 is 11.6 Å². The van der Waals surface area contributed by atoms with Crippen molar-refractivity contribution < 1.29 is 32.2 Å². The molecule has 0 spiro atoms. The zero-order chi connectivity index (χ0) is 23.7. The Balaban J connectivity index is 1.46. The molecule has 33 heavy (non-hydrogen) atoms. The molecular formula is C22H25ClN2O7S. The van der Waals surface area contributed by atoms with Gasteiger partial charge in [-0.15, -0.1) is 0 Å². The van der Waals surface area contributed by atoms with Gasteiger partial charge in [0.05, 0.1) is 35.4 Å². The van der Waals surface area contributed by atoms with Crippen LogP contribution in [0.3, 0.4) is 0 Å². The summed E-state index contributed by atoms with van der Waals surface area (Å²) in [5.41, 5.74) is 0.114. The number of ether oxygens (including phenoxy) is 3. The minimum Gasteiger partial charge on any atom is -0.494 e. The zero-order valence-electron chi connectivity index (χ0n) is 17.9. The van der Waals surface area contributed by atoms with E-state index < -0.39 is 28.5 Å². The molecule has 1 fully saturated rings. The van der Waals surface area contributed by atoms with Gasteiger partial charge in [0.2, 0.25) is 10.0 Å². The zero-order valence-corrected chi connectivity index (χ0v) is 19.4. The van der Waals surface area contributed by atoms with Crippen LogP contribution in [0.15, 0.2) is 53.4 Å². The summed E-state index contributed by atoms with van der Waals surface area (Å²) >= 11 is 6.11. The lowest BCUT2D eigenvalue weighted by Crippen LogP contribution is -2.40. The number of anilines is 1. The molecule has 178 valence electrons. The van der Waals surface area contributed by atoms with Crippen molar-refractivity contribution in [3.05, 3.63) is 53.6 Å². The minimum atomic E-state index is -3.75. The molecule has 1 N–H and O–H groups in total. The number of sulfonamides is 1. The third kappa shape index (κ3) is 7.43. The van der Waals surface area contributed by atoms with E-state index in [9.17, 15) is 18.0 Å². The van der Waals surface area contributed by atoms with Crippen molar-refractivity contribution in [2.75, 3.05) is 44.8 Å². The molecule has 0 aliphatic carbocycles. The highest BCUT2D eigenvalue weighted by atomic mass is 35.5. The summed E-state index contributed by atoms with van der Waals surface area (Å²) in [5, 5.41) is 2.65. The average molecular weight is 497 g/mol. The molecule has 1 heterocycles. The molecule has 11 heteroatoms. The number of amides is 1. The highest BCUT2D eigenvalue weighted by Crippen LogP contribution is 2.27. The number of esters is 1. The number of para-hydroxylation sites is 1. The molecule has 0 unspecified atom stereocenters. The molecule has 1 aliphatic heterocycles. The first kappa shape index (κ1) is 25.0. The predicted octanol–water partition coefficient (Wildman–Crippen LogP) is 2.70. The first-order valence-corrected chi connectivity index (χ1v) is 12.2. The van der Waals surface area contributed by atoms with Crippen LogP contribution in [0.25, 0.3) is 0 Å². The molecule has 3 rings (SSSR count). The van der Waals surface area contributed by atoms with E-state index in [1.807, 2.05) is 30.3 Å². The van der Waals surface area contributed by atoms with Gasteiger partial charge in [-0.05, 0) is 36.8 Å². The number of carbonyl (C=O) groups excluding carboxylic acids is 2. The van der Waals surface area contributed by atoms with E-state index in [2.05, 4.69) is 5.32 Å². The van der Waals surface area contributed by atoms with Gasteiger partial charge in [-0.1, -0.05) is 29.8 Å². The number of rotatable bonds is 10. The van der Waals surface area contributed by atoms with Gasteiger partial charge in [0.15, 0.2) is 6.61 Å². The lowest BCUT2D eigenvalue weighted by molar-refractivity contribution is -0.147. The monoisotopic (exact) mass is 496 g/mol. The fourth-order valence-corrected chi connectivity index (χ4v) is 4.62. The van der Waals surface area contributed by atoms with Crippen molar-refractivity contribution in [3.8, 4) is 5.75 Å². The normalized spacial score (nSPS) is 14.5. The Kier molecular flexibility index (Phi) is 9.07. The number of hydrogen-bond acceptors (Lipinski definition) is 7. The van der Waals surface area contributed by atoms with Gasteiger partial charge in [0.1, 0.15) is 5.75 Å². The van der Waals surface area contributed by atoms with Gasteiger partial charge < -0.3 is 19.5 Å². The largest absolute Gasteiger partial charge is 0.494 e. The van der Waals surface area contributed by atoms with Crippen LogP contribution in [0.4, 0.5) is 5.69 Å². The third-order valence-electron chi connectivity index (χ3n) is 4.72. The van der Waals surface area contributed by atoms with E-state index in [0.717, 1.165) is 0 Å². The number of carbonyl (C=O) groups is 2. The fourth-order valence-electron chi connectivity index (χ4n) is 3.02. The minimum absolute atomic E-state index is 0.000453. The molecule has 0 bridgehead atoms. The molecule has 0 saturated carbocycles. The second-order valence-corrected chi connectivity index (χ2v) is 9.48. The molecule has 2 aromatic carbocycles. The van der Waals surface area contributed by atoms with Gasteiger partial charge in [-0.2, -0.15) is 4.31 Å². The molecule has 1 amide bonds. The molecule has 1 aliphatic rings. The Morgan fingerprint density at radius 1 is 1.09 bits per heavy atom. The number of hydrogen-bond donors (Lipinski definition) is 1. The number of nitrogens with zero attached hydrogens (tertiary/aromatic N) is 1. The van der Waals surface area contributed by atoms with Crippen molar-refractivity contribution in [1.82, 2.24) is 4.31 Å². The highest BCUT2D eigenvalue weighted by Gasteiger charge is 2.27. The number of halogens is 1. The first-order chi connectivity index (χ1) is 15.9. The summed E-state index contributed by atoms with van der Waals surface area (Å²) in [5.74, 6) is -0.469. The maximum Gasteiger partial charge on any atom is 0.306 e. The fraction of sp³-hybridized carbons (Fsp3) is 0.364. The lowest BCUT2D eigenvalue weighted by atomic mass is 10.3. The second kappa shape index (κ2) is 12.0. The Labute approximate surface area is 197 Å². The number of morpholine rings is 1. The second-order valence-electron chi connectivity index (χ2n) is 7.13. The van der Waals surface area contributed by atoms with Crippen molar-refractivity contribution in [3.63, 3.8) is 0 Å². The van der Waals surface area contributed by atoms with Crippen LogP contribution in [0.2, 0.25) is 5.02 Å². The van der Waals surface area contributed by atoms with Gasteiger partial charge in [-0.25, -0.2) is 8.42 Å². The summed E-state index contributed by atoms with van der Waals surface area (Å²) in [6.07, 6.45) is 0.525. The standard InChI is InChI=1S/C22H25ClN2O7S/c23-19-9-8-18(33(28,29)25-10-13-30-14-11-25)15-20(19)24-21(26)16-32-22(27)7-4-12-31-17-5-2-1-3-6-17/h1-3,5-6,8-9,15H,4,7,10-14,16H2,(H,24,26). The molecule has 2 aromatic rings. The van der Waals surface area contributed by atoms with E-state index >= 15 is 0 Å². The molecule has 0 aromatic heterocycles. The van der Waals surface area contributed by atoms with E-state index in [0.29, 0.717) is 32.0 Å². The Morgan fingerprint density at radius 2 is 1.82 bits per heavy atom. The van der Waals surface area contributed by atoms with E-state index in [1.165, 1.54) is 22.5 Å². The van der Waals surface area contributed by atoms with Crippen molar-refractivity contribution in [1.29, 1.82) is 0 Å². The van der Waals surface area contributed by atoms with Crippen molar-refractivity contribution in [2.45, 2.75) is 17.7 Å². The van der Waals surface area contributed by atoms with Gasteiger partial charge in [0, 0.05) is 19.5 Å². The Morgan fingerprint density at radius 3 is 2.55 bits per heavy atom. The highest BCUT2D eigenvalue weighted by molar-refractivity contribution is 7.89. The van der Waals surface area contributed by atoms with Gasteiger partial charge in [-0.3, -0.25) is 9.59 Å². The topological polar surface area (TPSA) is 111 Å². The van der Waals surface area contributed by atoms with Crippen LogP contribution in [0.1, 0.15) is 12.8 Å². The Hall–Kier alpha value is -2.66. The Bertz CT molecular complexity index is 1060. The molecule has 0 radical (unpaired) electrons. The maximum atomic E-state index is 12.8. The SMILES string of the molecule is O=C(COC(=O)CCCOc1ccccc1)Nc1cc(S(=O)(=O)N2CCOCC2)ccc1Cl. The molecule has 1 saturated heterocycles. The van der Waals surface area contributed by atoms with Crippen LogP contribution in [-0.2, 0) is 29.1 Å². The predicted molar refractivity (Wildman–Crippen MR) is 122 cm³/mol. The van der Waals surface area contributed by atoms with Crippen LogP contribution in [0.5, 0.6) is 5.75 Å². The smallest absolute Gasteiger partial charge is 0.306 e. The first-order valence-electron chi connectivity index (χ1n) is 10.4. The quantitative estimate of drug-likeness (QED) is 0.397. The number of benzene rings is 2. The summed E-state index contributed by atoms with van der Waals surface area (Å²) in [6, 6.07) is 13.3. The van der Waals surface area contributed by atoms with E-state index in [1.54, 1.807) is 0 Å². The van der Waals surface area contributed by atoms with Crippen LogP contribution in [0, 0.1) is 0 Å². The van der Waals surface area contributed by atoms with Gasteiger partial charge >= 0.3 is 5.97 Å². The molecule has 9 nitrogen and oxygen atoms in total. The van der Waals surface area contributed by atoms with E-state index in [-0.39, 0.29) is 35.1 Å². The third-order valence-corrected chi connectivity index (χ3v) is 6.95. The van der Waals surface area contributed by atoms with Crippen LogP contribution in [-0.4, -0.2) is 64.1 Å². The average Bonchev–Trinajstić information content (AvgIpc) is 2.83. The molecular weight excluding hydrogens is 472 g/mol. The van der Waals surface area contributed by atoms with Crippen molar-refractivity contribution >= 4 is 39.2 Å². The summed E-state index contributed by atoms with van der Waals surface area (Å²) in [4.78, 5) is 24.1. The van der Waals surface area contributed by atoms with Crippen molar-refractivity contribution in [2.24, 2.45) is 0 Å². The lowest BCUT2D eigenvalue weighted by Gasteiger charge is -2.26. The van der Waals surface area contributed by atoms with Gasteiger partial charge in [0.25, 0.3) is 5.91 Å². The summed E-state index contributed by atoms with van der Waals surface area (Å²) in [6.45, 7) is 0.957. The molecule has 0 atom stereocenters. The summed E-state index contributed by atoms with van der Waals surface area (Å²) in [7, 11) is -3.75.